The Kier molecular flexibility index (Phi) is 1.59. The molecule has 1 heterocycles. The normalized spacial score (nSPS) is 28.9. The van der Waals surface area contributed by atoms with Crippen molar-refractivity contribution in [1.29, 1.82) is 0 Å². The maximum atomic E-state index is 6.25. The lowest BCUT2D eigenvalue weighted by Crippen LogP contribution is -2.27. The minimum atomic E-state index is 0.272. The number of hydrogen-bond acceptors (Lipinski definition) is 2. The van der Waals surface area contributed by atoms with Gasteiger partial charge in [0.25, 0.3) is 0 Å². The summed E-state index contributed by atoms with van der Waals surface area (Å²) in [6.45, 7) is 0. The third kappa shape index (κ3) is 1.09. The van der Waals surface area contributed by atoms with E-state index in [4.69, 9.17) is 17.3 Å². The fourth-order valence-electron chi connectivity index (χ4n) is 2.41. The number of nitrogens with two attached hydrogens (primary N) is 1. The highest BCUT2D eigenvalue weighted by atomic mass is 35.5. The molecule has 0 bridgehead atoms. The van der Waals surface area contributed by atoms with Crippen LogP contribution in [-0.4, -0.2) is 0 Å². The van der Waals surface area contributed by atoms with Crippen molar-refractivity contribution in [2.75, 3.05) is 0 Å². The van der Waals surface area contributed by atoms with Crippen molar-refractivity contribution >= 4 is 22.9 Å². The number of rotatable bonds is 0. The van der Waals surface area contributed by atoms with E-state index in [0.29, 0.717) is 5.41 Å². The first kappa shape index (κ1) is 8.27. The smallest absolute Gasteiger partial charge is 0.0934 e. The second kappa shape index (κ2) is 2.50. The second-order valence-electron chi connectivity index (χ2n) is 4.28. The van der Waals surface area contributed by atoms with Crippen LogP contribution in [0.15, 0.2) is 6.07 Å². The standard InChI is InChI=1S/C10H12ClNS/c11-7-5-6-1-2-10(3-4-10)9(12)8(6)13-7/h5,9H,1-4,12H2. The monoisotopic (exact) mass is 213 g/mol. The summed E-state index contributed by atoms with van der Waals surface area (Å²) in [5.41, 5.74) is 8.13. The van der Waals surface area contributed by atoms with Gasteiger partial charge in [-0.3, -0.25) is 0 Å². The number of fused-ring (bicyclic) bond motifs is 1. The minimum Gasteiger partial charge on any atom is -0.323 e. The molecule has 1 nitrogen and oxygen atoms in total. The quantitative estimate of drug-likeness (QED) is 0.704. The van der Waals surface area contributed by atoms with E-state index in [1.165, 1.54) is 36.1 Å². The van der Waals surface area contributed by atoms with Gasteiger partial charge in [-0.2, -0.15) is 0 Å². The molecule has 3 rings (SSSR count). The Bertz CT molecular complexity index is 354. The zero-order chi connectivity index (χ0) is 9.05. The van der Waals surface area contributed by atoms with Crippen LogP contribution in [0, 0.1) is 5.41 Å². The van der Waals surface area contributed by atoms with Crippen molar-refractivity contribution < 1.29 is 0 Å². The number of aryl methyl sites for hydroxylation is 1. The molecule has 2 aliphatic rings. The second-order valence-corrected chi connectivity index (χ2v) is 6.00. The molecule has 2 N–H and O–H groups in total. The van der Waals surface area contributed by atoms with Crippen molar-refractivity contribution in [2.24, 2.45) is 11.1 Å². The van der Waals surface area contributed by atoms with Crippen molar-refractivity contribution in [2.45, 2.75) is 31.7 Å². The lowest BCUT2D eigenvalue weighted by molar-refractivity contribution is 0.360. The molecular formula is C10H12ClNS. The van der Waals surface area contributed by atoms with Crippen LogP contribution in [0.25, 0.3) is 0 Å². The molecule has 0 saturated heterocycles. The molecule has 0 aromatic carbocycles. The van der Waals surface area contributed by atoms with Gasteiger partial charge in [0, 0.05) is 10.9 Å². The van der Waals surface area contributed by atoms with Gasteiger partial charge in [0.1, 0.15) is 0 Å². The molecule has 1 aromatic rings. The van der Waals surface area contributed by atoms with E-state index in [1.807, 2.05) is 0 Å². The average Bonchev–Trinajstić information content (AvgIpc) is 2.78. The van der Waals surface area contributed by atoms with Crippen molar-refractivity contribution in [3.8, 4) is 0 Å². The summed E-state index contributed by atoms with van der Waals surface area (Å²) >= 11 is 7.67. The van der Waals surface area contributed by atoms with E-state index in [9.17, 15) is 0 Å². The van der Waals surface area contributed by atoms with E-state index in [-0.39, 0.29) is 6.04 Å². The Morgan fingerprint density at radius 3 is 2.92 bits per heavy atom. The summed E-state index contributed by atoms with van der Waals surface area (Å²) in [7, 11) is 0. The summed E-state index contributed by atoms with van der Waals surface area (Å²) in [4.78, 5) is 1.36. The minimum absolute atomic E-state index is 0.272. The van der Waals surface area contributed by atoms with E-state index in [0.717, 1.165) is 4.34 Å². The van der Waals surface area contributed by atoms with E-state index in [2.05, 4.69) is 6.07 Å². The van der Waals surface area contributed by atoms with Gasteiger partial charge in [0.15, 0.2) is 0 Å². The maximum absolute atomic E-state index is 6.25. The van der Waals surface area contributed by atoms with Crippen LogP contribution in [0.2, 0.25) is 4.34 Å². The molecule has 1 aromatic heterocycles. The SMILES string of the molecule is NC1c2sc(Cl)cc2CCC12CC2. The highest BCUT2D eigenvalue weighted by molar-refractivity contribution is 7.16. The Hall–Kier alpha value is -0.0500. The first-order chi connectivity index (χ1) is 6.21. The van der Waals surface area contributed by atoms with Crippen LogP contribution in [0.3, 0.4) is 0 Å². The third-order valence-electron chi connectivity index (χ3n) is 3.54. The van der Waals surface area contributed by atoms with Gasteiger partial charge in [-0.05, 0) is 42.7 Å². The molecule has 70 valence electrons. The summed E-state index contributed by atoms with van der Waals surface area (Å²) in [6.07, 6.45) is 5.10. The summed E-state index contributed by atoms with van der Waals surface area (Å²) in [5.74, 6) is 0. The van der Waals surface area contributed by atoms with Crippen molar-refractivity contribution in [3.05, 3.63) is 20.8 Å². The molecule has 0 aliphatic heterocycles. The number of hydrogen-bond donors (Lipinski definition) is 1. The predicted molar refractivity (Wildman–Crippen MR) is 56.2 cm³/mol. The highest BCUT2D eigenvalue weighted by Gasteiger charge is 2.51. The summed E-state index contributed by atoms with van der Waals surface area (Å²) < 4.78 is 0.901. The van der Waals surface area contributed by atoms with Gasteiger partial charge in [0.2, 0.25) is 0 Å². The van der Waals surface area contributed by atoms with Crippen LogP contribution in [0.4, 0.5) is 0 Å². The lowest BCUT2D eigenvalue weighted by Gasteiger charge is -2.28. The predicted octanol–water partition coefficient (Wildman–Crippen LogP) is 3.13. The first-order valence-electron chi connectivity index (χ1n) is 4.75. The molecule has 2 aliphatic carbocycles. The van der Waals surface area contributed by atoms with Gasteiger partial charge in [-0.25, -0.2) is 0 Å². The lowest BCUT2D eigenvalue weighted by atomic mass is 9.82. The van der Waals surface area contributed by atoms with Crippen LogP contribution < -0.4 is 5.73 Å². The molecule has 1 saturated carbocycles. The molecule has 13 heavy (non-hydrogen) atoms. The number of halogens is 1. The summed E-state index contributed by atoms with van der Waals surface area (Å²) in [5, 5.41) is 0. The largest absolute Gasteiger partial charge is 0.323 e. The topological polar surface area (TPSA) is 26.0 Å². The van der Waals surface area contributed by atoms with Gasteiger partial charge in [-0.1, -0.05) is 11.6 Å². The third-order valence-corrected chi connectivity index (χ3v) is 4.93. The van der Waals surface area contributed by atoms with Crippen LogP contribution >= 0.6 is 22.9 Å². The van der Waals surface area contributed by atoms with E-state index >= 15 is 0 Å². The van der Waals surface area contributed by atoms with Gasteiger partial charge >= 0.3 is 0 Å². The van der Waals surface area contributed by atoms with Gasteiger partial charge in [0.05, 0.1) is 4.34 Å². The summed E-state index contributed by atoms with van der Waals surface area (Å²) in [6, 6.07) is 2.37. The van der Waals surface area contributed by atoms with Crippen LogP contribution in [0.5, 0.6) is 0 Å². The zero-order valence-corrected chi connectivity index (χ0v) is 8.92. The van der Waals surface area contributed by atoms with Crippen LogP contribution in [0.1, 0.15) is 35.7 Å². The Balaban J connectivity index is 2.07. The Morgan fingerprint density at radius 2 is 2.23 bits per heavy atom. The van der Waals surface area contributed by atoms with Crippen LogP contribution in [-0.2, 0) is 6.42 Å². The van der Waals surface area contributed by atoms with E-state index < -0.39 is 0 Å². The van der Waals surface area contributed by atoms with Gasteiger partial charge in [-0.15, -0.1) is 11.3 Å². The molecular weight excluding hydrogens is 202 g/mol. The van der Waals surface area contributed by atoms with Gasteiger partial charge < -0.3 is 5.73 Å². The molecule has 1 atom stereocenters. The fraction of sp³-hybridized carbons (Fsp3) is 0.600. The number of thiophene rings is 1. The molecule has 1 spiro atoms. The van der Waals surface area contributed by atoms with E-state index in [1.54, 1.807) is 11.3 Å². The molecule has 0 radical (unpaired) electrons. The molecule has 0 amide bonds. The first-order valence-corrected chi connectivity index (χ1v) is 5.94. The Morgan fingerprint density at radius 1 is 1.46 bits per heavy atom. The van der Waals surface area contributed by atoms with Crippen molar-refractivity contribution in [1.82, 2.24) is 0 Å². The van der Waals surface area contributed by atoms with Crippen molar-refractivity contribution in [3.63, 3.8) is 0 Å². The highest BCUT2D eigenvalue weighted by Crippen LogP contribution is 2.61. The Labute approximate surface area is 86.9 Å². The zero-order valence-electron chi connectivity index (χ0n) is 7.35. The molecule has 3 heteroatoms. The maximum Gasteiger partial charge on any atom is 0.0934 e. The fourth-order valence-corrected chi connectivity index (χ4v) is 3.87. The average molecular weight is 214 g/mol. The molecule has 1 unspecified atom stereocenters. The molecule has 1 fully saturated rings.